The summed E-state index contributed by atoms with van der Waals surface area (Å²) < 4.78 is 52.6. The van der Waals surface area contributed by atoms with E-state index < -0.39 is 25.2 Å². The molecule has 0 heterocycles. The van der Waals surface area contributed by atoms with Crippen LogP contribution >= 0.6 is 0 Å². The smallest absolute Gasteiger partial charge is 0.396 e. The van der Waals surface area contributed by atoms with Gasteiger partial charge in [0.2, 0.25) is 0 Å². The zero-order valence-electron chi connectivity index (χ0n) is 10.7. The zero-order valence-corrected chi connectivity index (χ0v) is 10.7. The Labute approximate surface area is 109 Å². The van der Waals surface area contributed by atoms with E-state index in [1.807, 2.05) is 0 Å². The van der Waals surface area contributed by atoms with Crippen molar-refractivity contribution < 1.29 is 27.4 Å². The van der Waals surface area contributed by atoms with Crippen LogP contribution in [0.1, 0.15) is 0 Å². The largest absolute Gasteiger partial charge is 0.496 e. The molecule has 7 heteroatoms. The monoisotopic (exact) mass is 279 g/mol. The Morgan fingerprint density at radius 2 is 1.53 bits per heavy atom. The fourth-order valence-corrected chi connectivity index (χ4v) is 1.36. The van der Waals surface area contributed by atoms with Crippen LogP contribution in [0.3, 0.4) is 0 Å². The molecule has 1 rings (SSSR count). The van der Waals surface area contributed by atoms with E-state index in [-0.39, 0.29) is 5.75 Å². The highest BCUT2D eigenvalue weighted by molar-refractivity contribution is 5.41. The van der Waals surface area contributed by atoms with Crippen LogP contribution in [0, 0.1) is 5.92 Å². The third kappa shape index (κ3) is 4.51. The van der Waals surface area contributed by atoms with Gasteiger partial charge in [0.25, 0.3) is 0 Å². The Morgan fingerprint density at radius 1 is 1.05 bits per heavy atom. The van der Waals surface area contributed by atoms with Crippen LogP contribution in [0.4, 0.5) is 13.2 Å². The maximum atomic E-state index is 12.5. The number of hydrogen-bond donors (Lipinski definition) is 1. The number of halogens is 3. The number of nitrogens with two attached hydrogens (primary N) is 1. The summed E-state index contributed by atoms with van der Waals surface area (Å²) in [5, 5.41) is 0. The molecule has 19 heavy (non-hydrogen) atoms. The van der Waals surface area contributed by atoms with Crippen molar-refractivity contribution in [2.75, 3.05) is 27.4 Å². The van der Waals surface area contributed by atoms with E-state index in [1.54, 1.807) is 6.07 Å². The summed E-state index contributed by atoms with van der Waals surface area (Å²) in [5.74, 6) is -0.597. The number of rotatable bonds is 6. The van der Waals surface area contributed by atoms with E-state index in [4.69, 9.17) is 19.9 Å². The first-order chi connectivity index (χ1) is 8.90. The normalized spacial score (nSPS) is 12.9. The lowest BCUT2D eigenvalue weighted by atomic mass is 10.1. The third-order valence-corrected chi connectivity index (χ3v) is 2.52. The summed E-state index contributed by atoms with van der Waals surface area (Å²) in [6.45, 7) is -1.07. The minimum absolute atomic E-state index is 0.235. The van der Waals surface area contributed by atoms with Crippen LogP contribution in [0.5, 0.6) is 17.2 Å². The Hall–Kier alpha value is -1.63. The maximum Gasteiger partial charge on any atom is 0.396 e. The summed E-state index contributed by atoms with van der Waals surface area (Å²) in [6.07, 6.45) is -4.38. The van der Waals surface area contributed by atoms with E-state index >= 15 is 0 Å². The number of methoxy groups -OCH3 is 2. The number of alkyl halides is 3. The second kappa shape index (κ2) is 6.51. The van der Waals surface area contributed by atoms with E-state index in [2.05, 4.69) is 0 Å². The van der Waals surface area contributed by atoms with Crippen LogP contribution in [0.15, 0.2) is 18.2 Å². The highest BCUT2D eigenvalue weighted by Gasteiger charge is 2.39. The molecule has 0 aliphatic rings. The highest BCUT2D eigenvalue weighted by atomic mass is 19.4. The van der Waals surface area contributed by atoms with Gasteiger partial charge in [-0.05, 0) is 0 Å². The Morgan fingerprint density at radius 3 is 1.89 bits per heavy atom. The predicted octanol–water partition coefficient (Wildman–Crippen LogP) is 2.22. The molecule has 0 aliphatic carbocycles. The molecule has 1 atom stereocenters. The topological polar surface area (TPSA) is 53.7 Å². The molecule has 0 amide bonds. The van der Waals surface area contributed by atoms with Gasteiger partial charge >= 0.3 is 6.18 Å². The highest BCUT2D eigenvalue weighted by Crippen LogP contribution is 2.30. The van der Waals surface area contributed by atoms with Gasteiger partial charge in [0, 0.05) is 24.7 Å². The summed E-state index contributed by atoms with van der Waals surface area (Å²) >= 11 is 0. The summed E-state index contributed by atoms with van der Waals surface area (Å²) in [5.41, 5.74) is 5.09. The first kappa shape index (κ1) is 15.4. The molecule has 1 aromatic rings. The molecule has 1 aromatic carbocycles. The molecule has 0 saturated heterocycles. The molecule has 0 saturated carbocycles. The molecule has 2 N–H and O–H groups in total. The Kier molecular flexibility index (Phi) is 5.29. The van der Waals surface area contributed by atoms with Crippen molar-refractivity contribution in [3.63, 3.8) is 0 Å². The lowest BCUT2D eigenvalue weighted by Crippen LogP contribution is -2.35. The minimum Gasteiger partial charge on any atom is -0.496 e. The van der Waals surface area contributed by atoms with Crippen LogP contribution in [-0.2, 0) is 0 Å². The quantitative estimate of drug-likeness (QED) is 0.867. The first-order valence-corrected chi connectivity index (χ1v) is 5.53. The fraction of sp³-hybridized carbons (Fsp3) is 0.500. The second-order valence-electron chi connectivity index (χ2n) is 3.83. The third-order valence-electron chi connectivity index (χ3n) is 2.52. The standard InChI is InChI=1S/C12H16F3NO3/c1-17-9-3-10(18-2)5-11(4-9)19-7-8(6-16)12(13,14)15/h3-5,8H,6-7,16H2,1-2H3. The van der Waals surface area contributed by atoms with E-state index in [0.29, 0.717) is 11.5 Å². The van der Waals surface area contributed by atoms with Gasteiger partial charge in [-0.3, -0.25) is 0 Å². The molecule has 0 aromatic heterocycles. The molecule has 4 nitrogen and oxygen atoms in total. The second-order valence-corrected chi connectivity index (χ2v) is 3.83. The van der Waals surface area contributed by atoms with Gasteiger partial charge in [-0.15, -0.1) is 0 Å². The van der Waals surface area contributed by atoms with E-state index in [9.17, 15) is 13.2 Å². The van der Waals surface area contributed by atoms with Crippen molar-refractivity contribution in [2.45, 2.75) is 6.18 Å². The molecule has 0 radical (unpaired) electrons. The van der Waals surface area contributed by atoms with Crippen LogP contribution in [-0.4, -0.2) is 33.5 Å². The van der Waals surface area contributed by atoms with Crippen LogP contribution < -0.4 is 19.9 Å². The van der Waals surface area contributed by atoms with Gasteiger partial charge in [0.05, 0.1) is 14.2 Å². The summed E-state index contributed by atoms with van der Waals surface area (Å²) in [4.78, 5) is 0. The molecular formula is C12H16F3NO3. The van der Waals surface area contributed by atoms with Crippen LogP contribution in [0.2, 0.25) is 0 Å². The van der Waals surface area contributed by atoms with Gasteiger partial charge in [0.1, 0.15) is 29.8 Å². The number of hydrogen-bond acceptors (Lipinski definition) is 4. The lowest BCUT2D eigenvalue weighted by molar-refractivity contribution is -0.178. The Bertz CT molecular complexity index is 387. The maximum absolute atomic E-state index is 12.5. The molecule has 0 aliphatic heterocycles. The van der Waals surface area contributed by atoms with E-state index in [0.717, 1.165) is 0 Å². The lowest BCUT2D eigenvalue weighted by Gasteiger charge is -2.19. The summed E-state index contributed by atoms with van der Waals surface area (Å²) in [7, 11) is 2.88. The van der Waals surface area contributed by atoms with Crippen molar-refractivity contribution in [3.8, 4) is 17.2 Å². The molecule has 0 spiro atoms. The number of benzene rings is 1. The first-order valence-electron chi connectivity index (χ1n) is 5.53. The van der Waals surface area contributed by atoms with Crippen molar-refractivity contribution in [1.82, 2.24) is 0 Å². The van der Waals surface area contributed by atoms with Gasteiger partial charge in [-0.1, -0.05) is 0 Å². The number of ether oxygens (including phenoxy) is 3. The van der Waals surface area contributed by atoms with Crippen molar-refractivity contribution in [3.05, 3.63) is 18.2 Å². The zero-order chi connectivity index (χ0) is 14.5. The van der Waals surface area contributed by atoms with Crippen LogP contribution in [0.25, 0.3) is 0 Å². The average molecular weight is 279 g/mol. The van der Waals surface area contributed by atoms with Crippen molar-refractivity contribution in [2.24, 2.45) is 11.7 Å². The average Bonchev–Trinajstić information content (AvgIpc) is 2.37. The predicted molar refractivity (Wildman–Crippen MR) is 63.6 cm³/mol. The molecular weight excluding hydrogens is 263 g/mol. The van der Waals surface area contributed by atoms with Gasteiger partial charge < -0.3 is 19.9 Å². The van der Waals surface area contributed by atoms with Gasteiger partial charge in [0.15, 0.2) is 0 Å². The van der Waals surface area contributed by atoms with Crippen molar-refractivity contribution >= 4 is 0 Å². The SMILES string of the molecule is COc1cc(OC)cc(OCC(CN)C(F)(F)F)c1. The van der Waals surface area contributed by atoms with Gasteiger partial charge in [-0.25, -0.2) is 0 Å². The minimum atomic E-state index is -4.38. The van der Waals surface area contributed by atoms with Crippen molar-refractivity contribution in [1.29, 1.82) is 0 Å². The molecule has 0 bridgehead atoms. The Balaban J connectivity index is 2.76. The fourth-order valence-electron chi connectivity index (χ4n) is 1.36. The molecule has 1 unspecified atom stereocenters. The summed E-state index contributed by atoms with van der Waals surface area (Å²) in [6, 6.07) is 4.55. The molecule has 0 fully saturated rings. The van der Waals surface area contributed by atoms with E-state index in [1.165, 1.54) is 26.4 Å². The van der Waals surface area contributed by atoms with Gasteiger partial charge in [-0.2, -0.15) is 13.2 Å². The molecule has 108 valence electrons.